The molecule has 1 saturated carbocycles. The fourth-order valence-electron chi connectivity index (χ4n) is 3.25. The molecular formula is C22H23N5O3. The van der Waals surface area contributed by atoms with Crippen molar-refractivity contribution in [1.82, 2.24) is 20.2 Å². The number of primary amides is 1. The number of amides is 1. The van der Waals surface area contributed by atoms with Crippen LogP contribution < -0.4 is 5.73 Å². The number of esters is 1. The summed E-state index contributed by atoms with van der Waals surface area (Å²) in [6, 6.07) is 13.3. The Labute approximate surface area is 174 Å². The van der Waals surface area contributed by atoms with Crippen molar-refractivity contribution >= 4 is 11.9 Å². The molecule has 1 aliphatic carbocycles. The molecule has 0 unspecified atom stereocenters. The highest BCUT2D eigenvalue weighted by atomic mass is 16.6. The molecule has 2 aromatic carbocycles. The number of rotatable bonds is 6. The largest absolute Gasteiger partial charge is 0.445 e. The summed E-state index contributed by atoms with van der Waals surface area (Å²) in [6.07, 6.45) is 0.895. The van der Waals surface area contributed by atoms with Crippen molar-refractivity contribution in [2.75, 3.05) is 0 Å². The summed E-state index contributed by atoms with van der Waals surface area (Å²) in [5, 5.41) is 12.0. The lowest BCUT2D eigenvalue weighted by Gasteiger charge is -2.15. The van der Waals surface area contributed by atoms with E-state index in [2.05, 4.69) is 15.5 Å². The second-order valence-corrected chi connectivity index (χ2v) is 7.99. The summed E-state index contributed by atoms with van der Waals surface area (Å²) in [7, 11) is 0. The molecule has 8 heteroatoms. The first-order chi connectivity index (χ1) is 14.3. The van der Waals surface area contributed by atoms with E-state index >= 15 is 0 Å². The van der Waals surface area contributed by atoms with Crippen LogP contribution in [0, 0.1) is 6.92 Å². The highest BCUT2D eigenvalue weighted by Gasteiger charge is 2.53. The van der Waals surface area contributed by atoms with Gasteiger partial charge < -0.3 is 10.5 Å². The number of tetrazole rings is 1. The van der Waals surface area contributed by atoms with Gasteiger partial charge in [-0.1, -0.05) is 43.7 Å². The minimum absolute atomic E-state index is 0.0861. The average molecular weight is 405 g/mol. The van der Waals surface area contributed by atoms with E-state index in [9.17, 15) is 9.59 Å². The molecule has 0 bridgehead atoms. The zero-order chi connectivity index (χ0) is 21.5. The number of ether oxygens (including phenoxy) is 1. The molecule has 2 N–H and O–H groups in total. The highest BCUT2D eigenvalue weighted by Crippen LogP contribution is 2.40. The fraction of sp³-hybridized carbons (Fsp3) is 0.318. The molecule has 1 aliphatic rings. The van der Waals surface area contributed by atoms with Crippen LogP contribution in [0.1, 0.15) is 54.4 Å². The molecule has 0 radical (unpaired) electrons. The standard InChI is InChI=1S/C22H23N5O3/c1-13(2)19-24-25-26-27(19)18-11-16(15-6-4-14(3)5-7-15)10-17(12-18)20(28)30-22(8-9-22)21(23)29/h4-7,10-13H,8-9H2,1-3H3,(H2,23,29). The van der Waals surface area contributed by atoms with Crippen LogP contribution >= 0.6 is 0 Å². The molecule has 1 aromatic heterocycles. The maximum Gasteiger partial charge on any atom is 0.339 e. The van der Waals surface area contributed by atoms with Gasteiger partial charge in [0.25, 0.3) is 5.91 Å². The number of benzene rings is 2. The van der Waals surface area contributed by atoms with E-state index in [0.29, 0.717) is 29.9 Å². The van der Waals surface area contributed by atoms with Gasteiger partial charge in [0, 0.05) is 18.8 Å². The molecule has 0 spiro atoms. The van der Waals surface area contributed by atoms with Crippen molar-refractivity contribution in [2.45, 2.75) is 45.1 Å². The molecule has 1 amide bonds. The van der Waals surface area contributed by atoms with Crippen molar-refractivity contribution in [3.63, 3.8) is 0 Å². The number of aryl methyl sites for hydroxylation is 1. The lowest BCUT2D eigenvalue weighted by molar-refractivity contribution is -0.128. The van der Waals surface area contributed by atoms with E-state index < -0.39 is 17.5 Å². The minimum Gasteiger partial charge on any atom is -0.445 e. The van der Waals surface area contributed by atoms with Gasteiger partial charge in [0.1, 0.15) is 0 Å². The zero-order valence-corrected chi connectivity index (χ0v) is 17.1. The summed E-state index contributed by atoms with van der Waals surface area (Å²) >= 11 is 0. The molecule has 154 valence electrons. The number of nitrogens with zero attached hydrogens (tertiary/aromatic N) is 4. The average Bonchev–Trinajstić information content (AvgIpc) is 3.33. The van der Waals surface area contributed by atoms with Crippen LogP contribution in [0.5, 0.6) is 0 Å². The first-order valence-corrected chi connectivity index (χ1v) is 9.83. The Kier molecular flexibility index (Phi) is 4.85. The van der Waals surface area contributed by atoms with E-state index in [1.807, 2.05) is 51.1 Å². The molecule has 0 aliphatic heterocycles. The van der Waals surface area contributed by atoms with Gasteiger partial charge in [0.05, 0.1) is 11.3 Å². The van der Waals surface area contributed by atoms with Crippen LogP contribution in [0.4, 0.5) is 0 Å². The molecule has 30 heavy (non-hydrogen) atoms. The smallest absolute Gasteiger partial charge is 0.339 e. The number of carbonyl (C=O) groups excluding carboxylic acids is 2. The summed E-state index contributed by atoms with van der Waals surface area (Å²) in [5.74, 6) is -0.455. The van der Waals surface area contributed by atoms with Gasteiger partial charge in [-0.05, 0) is 46.7 Å². The topological polar surface area (TPSA) is 113 Å². The van der Waals surface area contributed by atoms with Gasteiger partial charge in [-0.3, -0.25) is 4.79 Å². The lowest BCUT2D eigenvalue weighted by atomic mass is 10.0. The second-order valence-electron chi connectivity index (χ2n) is 7.99. The Morgan fingerprint density at radius 2 is 1.80 bits per heavy atom. The van der Waals surface area contributed by atoms with Gasteiger partial charge in [-0.2, -0.15) is 4.68 Å². The molecule has 1 fully saturated rings. The van der Waals surface area contributed by atoms with E-state index in [4.69, 9.17) is 10.5 Å². The van der Waals surface area contributed by atoms with Gasteiger partial charge >= 0.3 is 5.97 Å². The Morgan fingerprint density at radius 3 is 2.40 bits per heavy atom. The molecule has 1 heterocycles. The zero-order valence-electron chi connectivity index (χ0n) is 17.1. The van der Waals surface area contributed by atoms with Crippen LogP contribution in [0.3, 0.4) is 0 Å². The first kappa shape index (κ1) is 19.8. The highest BCUT2D eigenvalue weighted by molar-refractivity contribution is 5.96. The maximum atomic E-state index is 12.9. The molecular weight excluding hydrogens is 382 g/mol. The predicted octanol–water partition coefficient (Wildman–Crippen LogP) is 2.94. The molecule has 3 aromatic rings. The first-order valence-electron chi connectivity index (χ1n) is 9.83. The third-order valence-corrected chi connectivity index (χ3v) is 5.23. The van der Waals surface area contributed by atoms with Gasteiger partial charge in [-0.25, -0.2) is 4.79 Å². The van der Waals surface area contributed by atoms with Crippen LogP contribution in [0.2, 0.25) is 0 Å². The van der Waals surface area contributed by atoms with Crippen molar-refractivity contribution in [3.8, 4) is 16.8 Å². The molecule has 0 saturated heterocycles. The second kappa shape index (κ2) is 7.37. The fourth-order valence-corrected chi connectivity index (χ4v) is 3.25. The quantitative estimate of drug-likeness (QED) is 0.631. The Hall–Kier alpha value is -3.55. The van der Waals surface area contributed by atoms with Crippen molar-refractivity contribution in [2.24, 2.45) is 5.73 Å². The lowest BCUT2D eigenvalue weighted by Crippen LogP contribution is -2.35. The monoisotopic (exact) mass is 405 g/mol. The Morgan fingerprint density at radius 1 is 1.10 bits per heavy atom. The van der Waals surface area contributed by atoms with Crippen LogP contribution in [0.25, 0.3) is 16.8 Å². The van der Waals surface area contributed by atoms with Gasteiger partial charge in [0.15, 0.2) is 11.4 Å². The third kappa shape index (κ3) is 3.68. The van der Waals surface area contributed by atoms with E-state index in [0.717, 1.165) is 16.7 Å². The van der Waals surface area contributed by atoms with E-state index in [1.54, 1.807) is 16.8 Å². The summed E-state index contributed by atoms with van der Waals surface area (Å²) < 4.78 is 7.09. The molecule has 0 atom stereocenters. The van der Waals surface area contributed by atoms with Gasteiger partial charge in [-0.15, -0.1) is 5.10 Å². The number of nitrogens with two attached hydrogens (primary N) is 1. The number of aromatic nitrogens is 4. The Bertz CT molecular complexity index is 1110. The number of hydrogen-bond acceptors (Lipinski definition) is 6. The van der Waals surface area contributed by atoms with Crippen molar-refractivity contribution in [1.29, 1.82) is 0 Å². The summed E-state index contributed by atoms with van der Waals surface area (Å²) in [4.78, 5) is 24.6. The van der Waals surface area contributed by atoms with E-state index in [-0.39, 0.29) is 5.92 Å². The van der Waals surface area contributed by atoms with Crippen molar-refractivity contribution < 1.29 is 14.3 Å². The van der Waals surface area contributed by atoms with Crippen LogP contribution in [-0.2, 0) is 9.53 Å². The van der Waals surface area contributed by atoms with Gasteiger partial charge in [0.2, 0.25) is 0 Å². The van der Waals surface area contributed by atoms with Crippen LogP contribution in [0.15, 0.2) is 42.5 Å². The van der Waals surface area contributed by atoms with Crippen molar-refractivity contribution in [3.05, 3.63) is 59.4 Å². The predicted molar refractivity (Wildman–Crippen MR) is 110 cm³/mol. The number of carbonyl (C=O) groups is 2. The summed E-state index contributed by atoms with van der Waals surface area (Å²) in [6.45, 7) is 5.99. The normalized spacial score (nSPS) is 14.5. The maximum absolute atomic E-state index is 12.9. The third-order valence-electron chi connectivity index (χ3n) is 5.23. The van der Waals surface area contributed by atoms with Crippen LogP contribution in [-0.4, -0.2) is 37.7 Å². The Balaban J connectivity index is 1.80. The summed E-state index contributed by atoms with van der Waals surface area (Å²) in [5.41, 5.74) is 8.05. The SMILES string of the molecule is Cc1ccc(-c2cc(C(=O)OC3(C(N)=O)CC3)cc(-n3nnnc3C(C)C)c2)cc1. The molecule has 4 rings (SSSR count). The molecule has 8 nitrogen and oxygen atoms in total. The van der Waals surface area contributed by atoms with E-state index in [1.165, 1.54) is 0 Å². The minimum atomic E-state index is -1.19. The number of hydrogen-bond donors (Lipinski definition) is 1.